The van der Waals surface area contributed by atoms with Gasteiger partial charge in [-0.25, -0.2) is 14.4 Å². The van der Waals surface area contributed by atoms with Crippen LogP contribution in [0.4, 0.5) is 4.39 Å². The largest absolute Gasteiger partial charge is 0.318 e. The Morgan fingerprint density at radius 3 is 2.69 bits per heavy atom. The molecule has 7 heteroatoms. The van der Waals surface area contributed by atoms with Crippen LogP contribution >= 0.6 is 0 Å². The fourth-order valence-corrected chi connectivity index (χ4v) is 3.64. The van der Waals surface area contributed by atoms with Crippen molar-refractivity contribution in [2.45, 2.75) is 25.8 Å². The van der Waals surface area contributed by atoms with Crippen LogP contribution in [-0.2, 0) is 13.0 Å². The van der Waals surface area contributed by atoms with Gasteiger partial charge in [0, 0.05) is 13.0 Å². The zero-order chi connectivity index (χ0) is 18.1. The van der Waals surface area contributed by atoms with Crippen LogP contribution in [0.2, 0.25) is 0 Å². The Hall–Kier alpha value is -2.54. The third-order valence-electron chi connectivity index (χ3n) is 5.19. The molecule has 0 radical (unpaired) electrons. The number of imidazole rings is 1. The number of aromatic amines is 1. The van der Waals surface area contributed by atoms with Gasteiger partial charge >= 0.3 is 0 Å². The average Bonchev–Trinajstić information content (AvgIpc) is 2.97. The highest BCUT2D eigenvalue weighted by Crippen LogP contribution is 2.23. The number of piperidine rings is 1. The Bertz CT molecular complexity index is 954. The second-order valence-electron chi connectivity index (χ2n) is 7.10. The van der Waals surface area contributed by atoms with Gasteiger partial charge in [0.05, 0.1) is 6.33 Å². The van der Waals surface area contributed by atoms with E-state index in [1.807, 2.05) is 4.57 Å². The summed E-state index contributed by atoms with van der Waals surface area (Å²) in [6.07, 6.45) is 4.46. The van der Waals surface area contributed by atoms with Crippen molar-refractivity contribution in [2.24, 2.45) is 5.92 Å². The molecule has 0 aliphatic carbocycles. The number of nitrogens with one attached hydrogen (secondary N) is 1. The molecule has 1 N–H and O–H groups in total. The standard InChI is InChI=1S/C19H22FN5O/c1-24-8-6-13(7-9-24)10-16-23-18-17(19(26)22-12-21-18)25(16)11-14-2-4-15(20)5-3-14/h2-5,12-13H,6-11H2,1H3,(H,21,22,26). The minimum atomic E-state index is -0.268. The third-order valence-corrected chi connectivity index (χ3v) is 5.19. The van der Waals surface area contributed by atoms with Gasteiger partial charge in [-0.1, -0.05) is 12.1 Å². The number of rotatable bonds is 4. The second-order valence-corrected chi connectivity index (χ2v) is 7.10. The molecule has 1 aliphatic heterocycles. The first-order valence-electron chi connectivity index (χ1n) is 8.96. The van der Waals surface area contributed by atoms with Gasteiger partial charge in [-0.3, -0.25) is 4.79 Å². The number of hydrogen-bond donors (Lipinski definition) is 1. The van der Waals surface area contributed by atoms with Crippen molar-refractivity contribution in [3.63, 3.8) is 0 Å². The molecule has 26 heavy (non-hydrogen) atoms. The van der Waals surface area contributed by atoms with E-state index in [0.29, 0.717) is 23.6 Å². The van der Waals surface area contributed by atoms with Crippen molar-refractivity contribution in [1.29, 1.82) is 0 Å². The molecule has 0 amide bonds. The first-order valence-corrected chi connectivity index (χ1v) is 8.96. The smallest absolute Gasteiger partial charge is 0.276 e. The predicted molar refractivity (Wildman–Crippen MR) is 97.6 cm³/mol. The van der Waals surface area contributed by atoms with E-state index < -0.39 is 0 Å². The normalized spacial score (nSPS) is 16.4. The number of aromatic nitrogens is 4. The zero-order valence-electron chi connectivity index (χ0n) is 14.8. The third kappa shape index (κ3) is 3.39. The van der Waals surface area contributed by atoms with Crippen molar-refractivity contribution in [2.75, 3.05) is 20.1 Å². The van der Waals surface area contributed by atoms with Crippen molar-refractivity contribution in [1.82, 2.24) is 24.4 Å². The molecule has 1 fully saturated rings. The summed E-state index contributed by atoms with van der Waals surface area (Å²) >= 11 is 0. The molecule has 6 nitrogen and oxygen atoms in total. The number of nitrogens with zero attached hydrogens (tertiary/aromatic N) is 4. The molecular formula is C19H22FN5O. The summed E-state index contributed by atoms with van der Waals surface area (Å²) in [6.45, 7) is 2.65. The van der Waals surface area contributed by atoms with Crippen molar-refractivity contribution in [3.8, 4) is 0 Å². The van der Waals surface area contributed by atoms with E-state index >= 15 is 0 Å². The van der Waals surface area contributed by atoms with Crippen molar-refractivity contribution in [3.05, 3.63) is 58.2 Å². The summed E-state index contributed by atoms with van der Waals surface area (Å²) in [5.74, 6) is 1.16. The van der Waals surface area contributed by atoms with E-state index in [1.54, 1.807) is 12.1 Å². The summed E-state index contributed by atoms with van der Waals surface area (Å²) in [5.41, 5.74) is 1.69. The van der Waals surface area contributed by atoms with Crippen LogP contribution < -0.4 is 5.56 Å². The Morgan fingerprint density at radius 2 is 1.96 bits per heavy atom. The Balaban J connectivity index is 1.70. The molecular weight excluding hydrogens is 333 g/mol. The lowest BCUT2D eigenvalue weighted by Crippen LogP contribution is -2.31. The molecule has 0 atom stereocenters. The molecule has 1 aliphatic rings. The number of H-pyrrole nitrogens is 1. The molecule has 136 valence electrons. The van der Waals surface area contributed by atoms with E-state index in [1.165, 1.54) is 18.5 Å². The molecule has 0 saturated carbocycles. The topological polar surface area (TPSA) is 66.8 Å². The molecule has 1 saturated heterocycles. The average molecular weight is 355 g/mol. The summed E-state index contributed by atoms with van der Waals surface area (Å²) < 4.78 is 15.2. The molecule has 2 aromatic heterocycles. The Labute approximate surface area is 150 Å². The number of fused-ring (bicyclic) bond motifs is 1. The van der Waals surface area contributed by atoms with E-state index in [9.17, 15) is 9.18 Å². The molecule has 3 aromatic rings. The predicted octanol–water partition coefficient (Wildman–Crippen LogP) is 2.19. The van der Waals surface area contributed by atoms with Crippen LogP contribution in [0, 0.1) is 11.7 Å². The lowest BCUT2D eigenvalue weighted by Gasteiger charge is -2.28. The molecule has 4 rings (SSSR count). The van der Waals surface area contributed by atoms with Crippen molar-refractivity contribution >= 4 is 11.2 Å². The molecule has 0 bridgehead atoms. The van der Waals surface area contributed by atoms with Crippen LogP contribution in [0.25, 0.3) is 11.2 Å². The number of hydrogen-bond acceptors (Lipinski definition) is 4. The highest BCUT2D eigenvalue weighted by Gasteiger charge is 2.22. The van der Waals surface area contributed by atoms with Gasteiger partial charge in [0.25, 0.3) is 5.56 Å². The van der Waals surface area contributed by atoms with Crippen LogP contribution in [0.5, 0.6) is 0 Å². The SMILES string of the molecule is CN1CCC(Cc2nc3nc[nH]c(=O)c3n2Cc2ccc(F)cc2)CC1. The Kier molecular flexibility index (Phi) is 4.55. The summed E-state index contributed by atoms with van der Waals surface area (Å²) in [4.78, 5) is 26.2. The van der Waals surface area contributed by atoms with Crippen LogP contribution in [0.1, 0.15) is 24.2 Å². The molecule has 0 unspecified atom stereocenters. The van der Waals surface area contributed by atoms with Gasteiger partial charge in [-0.05, 0) is 56.6 Å². The summed E-state index contributed by atoms with van der Waals surface area (Å²) in [7, 11) is 2.14. The fraction of sp³-hybridized carbons (Fsp3) is 0.421. The van der Waals surface area contributed by atoms with Gasteiger partial charge in [0.1, 0.15) is 11.6 Å². The minimum absolute atomic E-state index is 0.195. The van der Waals surface area contributed by atoms with Gasteiger partial charge in [-0.2, -0.15) is 0 Å². The van der Waals surface area contributed by atoms with E-state index in [2.05, 4.69) is 26.9 Å². The maximum absolute atomic E-state index is 13.2. The number of halogens is 1. The molecule has 1 aromatic carbocycles. The van der Waals surface area contributed by atoms with E-state index in [4.69, 9.17) is 0 Å². The van der Waals surface area contributed by atoms with E-state index in [0.717, 1.165) is 43.7 Å². The molecule has 3 heterocycles. The fourth-order valence-electron chi connectivity index (χ4n) is 3.64. The van der Waals surface area contributed by atoms with Gasteiger partial charge < -0.3 is 14.5 Å². The maximum atomic E-state index is 13.2. The van der Waals surface area contributed by atoms with E-state index in [-0.39, 0.29) is 11.4 Å². The van der Waals surface area contributed by atoms with Crippen molar-refractivity contribution < 1.29 is 4.39 Å². The van der Waals surface area contributed by atoms with Gasteiger partial charge in [-0.15, -0.1) is 0 Å². The van der Waals surface area contributed by atoms with Crippen LogP contribution in [0.15, 0.2) is 35.4 Å². The highest BCUT2D eigenvalue weighted by atomic mass is 19.1. The summed E-state index contributed by atoms with van der Waals surface area (Å²) in [5, 5.41) is 0. The second kappa shape index (κ2) is 6.99. The lowest BCUT2D eigenvalue weighted by molar-refractivity contribution is 0.216. The number of likely N-dealkylation sites (tertiary alicyclic amines) is 1. The lowest BCUT2D eigenvalue weighted by atomic mass is 9.93. The van der Waals surface area contributed by atoms with Gasteiger partial charge in [0.2, 0.25) is 0 Å². The zero-order valence-corrected chi connectivity index (χ0v) is 14.8. The number of benzene rings is 1. The molecule has 0 spiro atoms. The monoisotopic (exact) mass is 355 g/mol. The maximum Gasteiger partial charge on any atom is 0.276 e. The minimum Gasteiger partial charge on any atom is -0.318 e. The van der Waals surface area contributed by atoms with Crippen LogP contribution in [0.3, 0.4) is 0 Å². The first kappa shape index (κ1) is 16.9. The summed E-state index contributed by atoms with van der Waals surface area (Å²) in [6, 6.07) is 6.36. The first-order chi connectivity index (χ1) is 12.6. The Morgan fingerprint density at radius 1 is 1.23 bits per heavy atom. The highest BCUT2D eigenvalue weighted by molar-refractivity contribution is 5.70. The van der Waals surface area contributed by atoms with Crippen LogP contribution in [-0.4, -0.2) is 44.6 Å². The quantitative estimate of drug-likeness (QED) is 0.779. The van der Waals surface area contributed by atoms with Gasteiger partial charge in [0.15, 0.2) is 11.2 Å².